The number of hydrogen-bond donors (Lipinski definition) is 0. The lowest BCUT2D eigenvalue weighted by Gasteiger charge is -2.34. The first-order valence-electron chi connectivity index (χ1n) is 12.5. The van der Waals surface area contributed by atoms with Crippen LogP contribution in [0.3, 0.4) is 0 Å². The van der Waals surface area contributed by atoms with E-state index in [1.165, 1.54) is 48.3 Å². The van der Waals surface area contributed by atoms with E-state index < -0.39 is 10.0 Å². The second-order valence-electron chi connectivity index (χ2n) is 9.80. The number of nitrogens with zero attached hydrogens (tertiary/aromatic N) is 4. The van der Waals surface area contributed by atoms with Gasteiger partial charge in [-0.3, -0.25) is 0 Å². The molecule has 0 unspecified atom stereocenters. The molecule has 1 aliphatic heterocycles. The molecule has 8 heteroatoms. The zero-order valence-corrected chi connectivity index (χ0v) is 21.6. The molecular weight excluding hydrogens is 476 g/mol. The van der Waals surface area contributed by atoms with Crippen LogP contribution < -0.4 is 0 Å². The lowest BCUT2D eigenvalue weighted by atomic mass is 9.81. The Hall–Kier alpha value is -2.55. The summed E-state index contributed by atoms with van der Waals surface area (Å²) in [7, 11) is -3.78. The van der Waals surface area contributed by atoms with Crippen LogP contribution in [0.4, 0.5) is 0 Å². The average molecular weight is 507 g/mol. The van der Waals surface area contributed by atoms with E-state index in [9.17, 15) is 8.42 Å². The molecule has 6 rings (SSSR count). The zero-order valence-electron chi connectivity index (χ0n) is 19.9. The predicted octanol–water partition coefficient (Wildman–Crippen LogP) is 5.83. The van der Waals surface area contributed by atoms with E-state index in [2.05, 4.69) is 16.0 Å². The highest BCUT2D eigenvalue weighted by atomic mass is 32.2. The fraction of sp³-hybridized carbons (Fsp3) is 0.407. The second-order valence-corrected chi connectivity index (χ2v) is 12.7. The van der Waals surface area contributed by atoms with Crippen LogP contribution in [0.5, 0.6) is 0 Å². The largest absolute Gasteiger partial charge is 0.300 e. The Balaban J connectivity index is 1.39. The van der Waals surface area contributed by atoms with Crippen LogP contribution >= 0.6 is 11.3 Å². The van der Waals surface area contributed by atoms with Gasteiger partial charge < -0.3 is 4.90 Å². The van der Waals surface area contributed by atoms with Gasteiger partial charge in [-0.1, -0.05) is 18.2 Å². The van der Waals surface area contributed by atoms with E-state index >= 15 is 0 Å². The molecule has 0 amide bonds. The number of aryl methyl sites for hydroxylation is 1. The van der Waals surface area contributed by atoms with Crippen molar-refractivity contribution in [2.75, 3.05) is 13.1 Å². The van der Waals surface area contributed by atoms with Crippen LogP contribution in [0.25, 0.3) is 22.3 Å². The third kappa shape index (κ3) is 4.21. The standard InChI is InChI=1S/C27H30N4O2S2/c1-19-29-26(18-34-19)25-17-31(35(32,33)23-7-3-2-4-8-23)27-24(25)15-21(16-28-27)20-9-11-22(12-10-20)30-13-5-6-14-30/h2-4,7-8,15-18,20,22H,5-6,9-14H2,1H3/t20-,22-. The van der Waals surface area contributed by atoms with Crippen molar-refractivity contribution in [3.63, 3.8) is 0 Å². The van der Waals surface area contributed by atoms with Crippen LogP contribution in [-0.4, -0.2) is 46.4 Å². The number of likely N-dealkylation sites (tertiary alicyclic amines) is 1. The molecule has 0 N–H and O–H groups in total. The van der Waals surface area contributed by atoms with Crippen molar-refractivity contribution < 1.29 is 8.42 Å². The van der Waals surface area contributed by atoms with E-state index in [4.69, 9.17) is 4.98 Å². The Labute approximate surface area is 210 Å². The van der Waals surface area contributed by atoms with E-state index in [-0.39, 0.29) is 4.90 Å². The number of pyridine rings is 1. The number of hydrogen-bond acceptors (Lipinski definition) is 6. The van der Waals surface area contributed by atoms with Crippen LogP contribution in [0.2, 0.25) is 0 Å². The van der Waals surface area contributed by atoms with Gasteiger partial charge in [0.05, 0.1) is 15.6 Å². The normalized spacial score (nSPS) is 21.6. The number of benzene rings is 1. The van der Waals surface area contributed by atoms with E-state index in [0.717, 1.165) is 40.5 Å². The molecule has 6 nitrogen and oxygen atoms in total. The van der Waals surface area contributed by atoms with Gasteiger partial charge in [0.15, 0.2) is 5.65 Å². The third-order valence-electron chi connectivity index (χ3n) is 7.65. The first kappa shape index (κ1) is 22.9. The van der Waals surface area contributed by atoms with Gasteiger partial charge in [-0.2, -0.15) is 0 Å². The molecule has 35 heavy (non-hydrogen) atoms. The third-order valence-corrected chi connectivity index (χ3v) is 10.1. The molecule has 2 fully saturated rings. The van der Waals surface area contributed by atoms with Gasteiger partial charge in [0.25, 0.3) is 10.0 Å². The molecular formula is C27H30N4O2S2. The van der Waals surface area contributed by atoms with Crippen LogP contribution in [0, 0.1) is 6.92 Å². The summed E-state index contributed by atoms with van der Waals surface area (Å²) >= 11 is 1.57. The lowest BCUT2D eigenvalue weighted by Crippen LogP contribution is -2.35. The molecule has 1 aliphatic carbocycles. The molecule has 0 spiro atoms. The van der Waals surface area contributed by atoms with E-state index in [1.807, 2.05) is 24.6 Å². The van der Waals surface area contributed by atoms with Gasteiger partial charge in [0, 0.05) is 34.8 Å². The summed E-state index contributed by atoms with van der Waals surface area (Å²) < 4.78 is 28.4. The fourth-order valence-corrected chi connectivity index (χ4v) is 7.74. The van der Waals surface area contributed by atoms with Gasteiger partial charge in [0.1, 0.15) is 0 Å². The summed E-state index contributed by atoms with van der Waals surface area (Å²) in [6.45, 7) is 4.47. The fourth-order valence-electron chi connectivity index (χ4n) is 5.78. The molecule has 4 aromatic rings. The van der Waals surface area contributed by atoms with Gasteiger partial charge in [-0.25, -0.2) is 22.4 Å². The second kappa shape index (κ2) is 9.15. The smallest absolute Gasteiger partial charge is 0.269 e. The molecule has 0 radical (unpaired) electrons. The molecule has 1 aromatic carbocycles. The van der Waals surface area contributed by atoms with Crippen molar-refractivity contribution in [3.8, 4) is 11.3 Å². The van der Waals surface area contributed by atoms with Gasteiger partial charge in [-0.15, -0.1) is 11.3 Å². The van der Waals surface area contributed by atoms with Crippen molar-refractivity contribution in [2.24, 2.45) is 0 Å². The van der Waals surface area contributed by atoms with Crippen molar-refractivity contribution in [1.29, 1.82) is 0 Å². The molecule has 3 aromatic heterocycles. The minimum Gasteiger partial charge on any atom is -0.300 e. The molecule has 0 atom stereocenters. The lowest BCUT2D eigenvalue weighted by molar-refractivity contribution is 0.182. The monoisotopic (exact) mass is 506 g/mol. The highest BCUT2D eigenvalue weighted by Crippen LogP contribution is 2.39. The maximum absolute atomic E-state index is 13.5. The van der Waals surface area contributed by atoms with Gasteiger partial charge >= 0.3 is 0 Å². The summed E-state index contributed by atoms with van der Waals surface area (Å²) in [5.41, 5.74) is 3.30. The van der Waals surface area contributed by atoms with Gasteiger partial charge in [-0.05, 0) is 88.2 Å². The number of aromatic nitrogens is 3. The van der Waals surface area contributed by atoms with Crippen molar-refractivity contribution >= 4 is 32.4 Å². The molecule has 0 bridgehead atoms. The molecule has 4 heterocycles. The maximum Gasteiger partial charge on any atom is 0.269 e. The molecule has 1 saturated carbocycles. The minimum absolute atomic E-state index is 0.254. The van der Waals surface area contributed by atoms with Gasteiger partial charge in [0.2, 0.25) is 0 Å². The Kier molecular flexibility index (Phi) is 5.98. The van der Waals surface area contributed by atoms with Crippen molar-refractivity contribution in [2.45, 2.75) is 62.3 Å². The molecule has 2 aliphatic rings. The van der Waals surface area contributed by atoms with Crippen LogP contribution in [-0.2, 0) is 10.0 Å². The Morgan fingerprint density at radius 3 is 2.46 bits per heavy atom. The number of fused-ring (bicyclic) bond motifs is 1. The Bertz CT molecular complexity index is 1450. The Morgan fingerprint density at radius 1 is 1.03 bits per heavy atom. The van der Waals surface area contributed by atoms with E-state index in [1.54, 1.807) is 41.8 Å². The van der Waals surface area contributed by atoms with Crippen molar-refractivity contribution in [3.05, 3.63) is 64.7 Å². The van der Waals surface area contributed by atoms with E-state index in [0.29, 0.717) is 11.6 Å². The predicted molar refractivity (Wildman–Crippen MR) is 140 cm³/mol. The minimum atomic E-state index is -3.78. The number of rotatable bonds is 5. The van der Waals surface area contributed by atoms with Crippen LogP contribution in [0.15, 0.2) is 59.1 Å². The average Bonchev–Trinajstić information content (AvgIpc) is 3.64. The molecule has 182 valence electrons. The summed E-state index contributed by atoms with van der Waals surface area (Å²) in [4.78, 5) is 12.3. The highest BCUT2D eigenvalue weighted by Gasteiger charge is 2.29. The molecule has 1 saturated heterocycles. The summed E-state index contributed by atoms with van der Waals surface area (Å²) in [6.07, 6.45) is 11.0. The first-order chi connectivity index (χ1) is 17.0. The highest BCUT2D eigenvalue weighted by molar-refractivity contribution is 7.90. The summed E-state index contributed by atoms with van der Waals surface area (Å²) in [6, 6.07) is 11.4. The summed E-state index contributed by atoms with van der Waals surface area (Å²) in [5.74, 6) is 0.463. The first-order valence-corrected chi connectivity index (χ1v) is 14.8. The quantitative estimate of drug-likeness (QED) is 0.341. The number of thiazole rings is 1. The topological polar surface area (TPSA) is 68.1 Å². The summed E-state index contributed by atoms with van der Waals surface area (Å²) in [5, 5.41) is 3.81. The maximum atomic E-state index is 13.5. The van der Waals surface area contributed by atoms with Crippen LogP contribution in [0.1, 0.15) is 55.0 Å². The Morgan fingerprint density at radius 2 is 1.77 bits per heavy atom. The zero-order chi connectivity index (χ0) is 24.0. The van der Waals surface area contributed by atoms with Crippen molar-refractivity contribution in [1.82, 2.24) is 18.8 Å². The SMILES string of the molecule is Cc1nc(-c2cn(S(=O)(=O)c3ccccc3)c3ncc([C@H]4CC[C@H](N5CCCC5)CC4)cc23)cs1.